The summed E-state index contributed by atoms with van der Waals surface area (Å²) in [6, 6.07) is 4.41. The molecule has 74 valence electrons. The highest BCUT2D eigenvalue weighted by atomic mass is 19.4. The van der Waals surface area contributed by atoms with Crippen LogP contribution in [0.1, 0.15) is 0 Å². The van der Waals surface area contributed by atoms with Gasteiger partial charge in [-0.1, -0.05) is 12.1 Å². The number of aromatic nitrogens is 1. The third kappa shape index (κ3) is 2.76. The molecule has 1 rings (SSSR count). The molecule has 0 saturated heterocycles. The molecule has 3 nitrogen and oxygen atoms in total. The van der Waals surface area contributed by atoms with Gasteiger partial charge < -0.3 is 5.32 Å². The Kier molecular flexibility index (Phi) is 2.78. The Morgan fingerprint density at radius 1 is 1.43 bits per heavy atom. The molecule has 1 heterocycles. The van der Waals surface area contributed by atoms with Gasteiger partial charge in [0.25, 0.3) is 0 Å². The van der Waals surface area contributed by atoms with Crippen LogP contribution in [0.2, 0.25) is 0 Å². The maximum Gasteiger partial charge on any atom is 0.471 e. The van der Waals surface area contributed by atoms with Gasteiger partial charge in [-0.3, -0.25) is 4.79 Å². The minimum Gasteiger partial charge on any atom is -0.303 e. The number of nitrogens with zero attached hydrogens (tertiary/aromatic N) is 1. The van der Waals surface area contributed by atoms with Gasteiger partial charge in [-0.05, 0) is 11.7 Å². The second kappa shape index (κ2) is 3.69. The SMILES string of the molecule is Bc1cccc(NC(=O)C(F)(F)F)n1. The maximum absolute atomic E-state index is 11.8. The van der Waals surface area contributed by atoms with Gasteiger partial charge in [0, 0.05) is 0 Å². The van der Waals surface area contributed by atoms with Gasteiger partial charge in [-0.15, -0.1) is 0 Å². The molecule has 0 radical (unpaired) electrons. The Bertz CT molecular complexity index is 353. The zero-order valence-electron chi connectivity index (χ0n) is 7.22. The molecule has 0 fully saturated rings. The number of carbonyl (C=O) groups is 1. The standard InChI is InChI=1S/C7H6BF3N2O/c8-4-2-1-3-5(12-4)13-6(14)7(9,10)11/h1-3H,8H2,(H,12,13,14). The molecule has 14 heavy (non-hydrogen) atoms. The van der Waals surface area contributed by atoms with E-state index in [0.29, 0.717) is 5.59 Å². The fourth-order valence-electron chi connectivity index (χ4n) is 0.800. The van der Waals surface area contributed by atoms with Crippen LogP contribution in [0, 0.1) is 0 Å². The van der Waals surface area contributed by atoms with Crippen molar-refractivity contribution in [3.8, 4) is 0 Å². The highest BCUT2D eigenvalue weighted by Gasteiger charge is 2.38. The average Bonchev–Trinajstić information content (AvgIpc) is 2.02. The molecule has 0 atom stereocenters. The van der Waals surface area contributed by atoms with Crippen molar-refractivity contribution in [3.05, 3.63) is 18.2 Å². The predicted molar refractivity (Wildman–Crippen MR) is 47.1 cm³/mol. The molecule has 0 spiro atoms. The van der Waals surface area contributed by atoms with Crippen molar-refractivity contribution >= 4 is 25.2 Å². The van der Waals surface area contributed by atoms with Crippen LogP contribution in [-0.2, 0) is 4.79 Å². The van der Waals surface area contributed by atoms with Crippen molar-refractivity contribution in [1.82, 2.24) is 4.98 Å². The quantitative estimate of drug-likeness (QED) is 0.643. The summed E-state index contributed by atoms with van der Waals surface area (Å²) in [5.41, 5.74) is 0.532. The Hall–Kier alpha value is -1.53. The van der Waals surface area contributed by atoms with E-state index in [-0.39, 0.29) is 5.82 Å². The molecular weight excluding hydrogens is 196 g/mol. The van der Waals surface area contributed by atoms with Gasteiger partial charge in [-0.2, -0.15) is 13.2 Å². The molecule has 0 saturated carbocycles. The van der Waals surface area contributed by atoms with Gasteiger partial charge in [0.15, 0.2) is 7.85 Å². The van der Waals surface area contributed by atoms with Crippen LogP contribution in [0.4, 0.5) is 19.0 Å². The summed E-state index contributed by atoms with van der Waals surface area (Å²) in [5.74, 6) is -2.12. The van der Waals surface area contributed by atoms with E-state index < -0.39 is 12.1 Å². The van der Waals surface area contributed by atoms with E-state index >= 15 is 0 Å². The number of pyridine rings is 1. The molecule has 0 aliphatic rings. The summed E-state index contributed by atoms with van der Waals surface area (Å²) < 4.78 is 35.4. The van der Waals surface area contributed by atoms with Crippen molar-refractivity contribution in [2.45, 2.75) is 6.18 Å². The van der Waals surface area contributed by atoms with E-state index in [2.05, 4.69) is 4.98 Å². The largest absolute Gasteiger partial charge is 0.471 e. The summed E-state index contributed by atoms with van der Waals surface area (Å²) in [5, 5.41) is 1.65. The number of amides is 1. The number of carbonyl (C=O) groups excluding carboxylic acids is 1. The van der Waals surface area contributed by atoms with Crippen LogP contribution in [0.5, 0.6) is 0 Å². The number of hydrogen-bond acceptors (Lipinski definition) is 2. The lowest BCUT2D eigenvalue weighted by molar-refractivity contribution is -0.167. The highest BCUT2D eigenvalue weighted by Crippen LogP contribution is 2.16. The molecule has 7 heteroatoms. The van der Waals surface area contributed by atoms with Gasteiger partial charge >= 0.3 is 12.1 Å². The Morgan fingerprint density at radius 3 is 2.57 bits per heavy atom. The van der Waals surface area contributed by atoms with Gasteiger partial charge in [0.1, 0.15) is 5.82 Å². The summed E-state index contributed by atoms with van der Waals surface area (Å²) in [7, 11) is 1.61. The molecule has 0 aliphatic carbocycles. The zero-order chi connectivity index (χ0) is 10.8. The Balaban J connectivity index is 2.75. The summed E-state index contributed by atoms with van der Waals surface area (Å²) in [6.45, 7) is 0. The number of rotatable bonds is 1. The second-order valence-corrected chi connectivity index (χ2v) is 2.62. The maximum atomic E-state index is 11.8. The van der Waals surface area contributed by atoms with E-state index in [9.17, 15) is 18.0 Å². The number of nitrogens with one attached hydrogen (secondary N) is 1. The van der Waals surface area contributed by atoms with Crippen LogP contribution in [0.25, 0.3) is 0 Å². The van der Waals surface area contributed by atoms with E-state index in [4.69, 9.17) is 0 Å². The molecular formula is C7H6BF3N2O. The molecule has 1 N–H and O–H groups in total. The molecule has 0 aromatic carbocycles. The van der Waals surface area contributed by atoms with Crippen LogP contribution in [-0.4, -0.2) is 24.9 Å². The Labute approximate surface area is 78.7 Å². The van der Waals surface area contributed by atoms with Crippen LogP contribution in [0.3, 0.4) is 0 Å². The topological polar surface area (TPSA) is 42.0 Å². The summed E-state index contributed by atoms with van der Waals surface area (Å²) in [4.78, 5) is 14.2. The van der Waals surface area contributed by atoms with Crippen molar-refractivity contribution in [1.29, 1.82) is 0 Å². The first-order chi connectivity index (χ1) is 6.39. The van der Waals surface area contributed by atoms with Crippen molar-refractivity contribution < 1.29 is 18.0 Å². The smallest absolute Gasteiger partial charge is 0.303 e. The van der Waals surface area contributed by atoms with Crippen molar-refractivity contribution in [2.75, 3.05) is 5.32 Å². The normalized spacial score (nSPS) is 11.1. The second-order valence-electron chi connectivity index (χ2n) is 2.62. The van der Waals surface area contributed by atoms with E-state index in [1.54, 1.807) is 19.2 Å². The van der Waals surface area contributed by atoms with Crippen LogP contribution >= 0.6 is 0 Å². The number of halogens is 3. The molecule has 0 unspecified atom stereocenters. The first kappa shape index (κ1) is 10.6. The number of hydrogen-bond donors (Lipinski definition) is 1. The monoisotopic (exact) mass is 202 g/mol. The van der Waals surface area contributed by atoms with E-state index in [0.717, 1.165) is 0 Å². The predicted octanol–water partition coefficient (Wildman–Crippen LogP) is -0.159. The van der Waals surface area contributed by atoms with Gasteiger partial charge in [0.2, 0.25) is 0 Å². The van der Waals surface area contributed by atoms with Crippen molar-refractivity contribution in [2.24, 2.45) is 0 Å². The van der Waals surface area contributed by atoms with E-state index in [1.807, 2.05) is 0 Å². The fraction of sp³-hybridized carbons (Fsp3) is 0.143. The van der Waals surface area contributed by atoms with Gasteiger partial charge in [-0.25, -0.2) is 4.98 Å². The molecule has 0 aliphatic heterocycles. The third-order valence-corrected chi connectivity index (χ3v) is 1.39. The fourth-order valence-corrected chi connectivity index (χ4v) is 0.800. The number of alkyl halides is 3. The Morgan fingerprint density at radius 2 is 2.07 bits per heavy atom. The third-order valence-electron chi connectivity index (χ3n) is 1.39. The van der Waals surface area contributed by atoms with Crippen LogP contribution < -0.4 is 10.9 Å². The zero-order valence-corrected chi connectivity index (χ0v) is 7.22. The summed E-state index contributed by atoms with van der Waals surface area (Å²) >= 11 is 0. The molecule has 1 aromatic rings. The first-order valence-corrected chi connectivity index (χ1v) is 3.71. The minimum atomic E-state index is -4.88. The molecule has 0 bridgehead atoms. The van der Waals surface area contributed by atoms with Crippen LogP contribution in [0.15, 0.2) is 18.2 Å². The van der Waals surface area contributed by atoms with Gasteiger partial charge in [0.05, 0.1) is 0 Å². The van der Waals surface area contributed by atoms with Crippen molar-refractivity contribution in [3.63, 3.8) is 0 Å². The molecule has 1 amide bonds. The average molecular weight is 202 g/mol. The highest BCUT2D eigenvalue weighted by molar-refractivity contribution is 6.30. The number of anilines is 1. The minimum absolute atomic E-state index is 0.104. The lowest BCUT2D eigenvalue weighted by Gasteiger charge is -2.07. The summed E-state index contributed by atoms with van der Waals surface area (Å²) in [6.07, 6.45) is -4.88. The first-order valence-electron chi connectivity index (χ1n) is 3.71. The molecule has 1 aromatic heterocycles. The van der Waals surface area contributed by atoms with E-state index in [1.165, 1.54) is 12.1 Å². The lowest BCUT2D eigenvalue weighted by atomic mass is 10.0. The lowest BCUT2D eigenvalue weighted by Crippen LogP contribution is -2.30.